The maximum atomic E-state index is 12.5. The van der Waals surface area contributed by atoms with Crippen LogP contribution in [0.4, 0.5) is 0 Å². The SMILES string of the molecule is NCC(NC(=O)C1CCCN(C(=O)c2ccncc2)C1)C1CC1. The van der Waals surface area contributed by atoms with Crippen molar-refractivity contribution < 1.29 is 9.59 Å². The minimum Gasteiger partial charge on any atom is -0.352 e. The third kappa shape index (κ3) is 3.88. The lowest BCUT2D eigenvalue weighted by Crippen LogP contribution is -2.49. The Morgan fingerprint density at radius 1 is 1.30 bits per heavy atom. The molecule has 1 saturated carbocycles. The first kappa shape index (κ1) is 15.9. The van der Waals surface area contributed by atoms with Crippen LogP contribution in [0.5, 0.6) is 0 Å². The molecular weight excluding hydrogens is 292 g/mol. The van der Waals surface area contributed by atoms with Crippen LogP contribution in [0.2, 0.25) is 0 Å². The number of carbonyl (C=O) groups excluding carboxylic acids is 2. The Morgan fingerprint density at radius 2 is 2.04 bits per heavy atom. The Hall–Kier alpha value is -1.95. The predicted molar refractivity (Wildman–Crippen MR) is 86.6 cm³/mol. The smallest absolute Gasteiger partial charge is 0.253 e. The van der Waals surface area contributed by atoms with Crippen LogP contribution in [-0.2, 0) is 4.79 Å². The molecule has 2 atom stereocenters. The van der Waals surface area contributed by atoms with E-state index >= 15 is 0 Å². The van der Waals surface area contributed by atoms with E-state index in [9.17, 15) is 9.59 Å². The normalized spacial score (nSPS) is 22.5. The number of nitrogens with zero attached hydrogens (tertiary/aromatic N) is 2. The van der Waals surface area contributed by atoms with Crippen molar-refractivity contribution >= 4 is 11.8 Å². The largest absolute Gasteiger partial charge is 0.352 e. The lowest BCUT2D eigenvalue weighted by molar-refractivity contribution is -0.127. The van der Waals surface area contributed by atoms with Gasteiger partial charge in [-0.2, -0.15) is 0 Å². The van der Waals surface area contributed by atoms with E-state index in [1.807, 2.05) is 0 Å². The Labute approximate surface area is 136 Å². The fourth-order valence-corrected chi connectivity index (χ4v) is 3.22. The molecule has 0 spiro atoms. The van der Waals surface area contributed by atoms with Crippen molar-refractivity contribution in [3.8, 4) is 0 Å². The number of carbonyl (C=O) groups is 2. The molecule has 1 aliphatic carbocycles. The Kier molecular flexibility index (Phi) is 4.91. The molecule has 2 amide bonds. The summed E-state index contributed by atoms with van der Waals surface area (Å²) in [5.41, 5.74) is 6.38. The number of pyridine rings is 1. The quantitative estimate of drug-likeness (QED) is 0.840. The lowest BCUT2D eigenvalue weighted by Gasteiger charge is -2.33. The molecule has 6 nitrogen and oxygen atoms in total. The Bertz CT molecular complexity index is 559. The molecule has 2 heterocycles. The second-order valence-electron chi connectivity index (χ2n) is 6.51. The highest BCUT2D eigenvalue weighted by Crippen LogP contribution is 2.32. The lowest BCUT2D eigenvalue weighted by atomic mass is 9.96. The van der Waals surface area contributed by atoms with Crippen molar-refractivity contribution in [2.24, 2.45) is 17.6 Å². The highest BCUT2D eigenvalue weighted by Gasteiger charge is 2.34. The summed E-state index contributed by atoms with van der Waals surface area (Å²) in [6, 6.07) is 3.52. The number of nitrogens with one attached hydrogen (secondary N) is 1. The minimum atomic E-state index is -0.137. The molecule has 124 valence electrons. The van der Waals surface area contributed by atoms with Crippen molar-refractivity contribution in [3.63, 3.8) is 0 Å². The summed E-state index contributed by atoms with van der Waals surface area (Å²) in [4.78, 5) is 30.7. The average Bonchev–Trinajstić information content (AvgIpc) is 3.44. The number of amides is 2. The third-order valence-electron chi connectivity index (χ3n) is 4.78. The molecule has 1 aromatic rings. The number of likely N-dealkylation sites (tertiary alicyclic amines) is 1. The fraction of sp³-hybridized carbons (Fsp3) is 0.588. The average molecular weight is 316 g/mol. The minimum absolute atomic E-state index is 0.0255. The topological polar surface area (TPSA) is 88.3 Å². The number of rotatable bonds is 5. The van der Waals surface area contributed by atoms with Crippen LogP contribution >= 0.6 is 0 Å². The number of aromatic nitrogens is 1. The molecule has 1 aliphatic heterocycles. The van der Waals surface area contributed by atoms with Gasteiger partial charge in [0.1, 0.15) is 0 Å². The van der Waals surface area contributed by atoms with Crippen LogP contribution in [0.25, 0.3) is 0 Å². The van der Waals surface area contributed by atoms with E-state index in [4.69, 9.17) is 5.73 Å². The van der Waals surface area contributed by atoms with E-state index in [2.05, 4.69) is 10.3 Å². The molecule has 6 heteroatoms. The van der Waals surface area contributed by atoms with Gasteiger partial charge in [0.05, 0.1) is 5.92 Å². The van der Waals surface area contributed by atoms with Gasteiger partial charge in [0.25, 0.3) is 5.91 Å². The number of hydrogen-bond acceptors (Lipinski definition) is 4. The first-order chi connectivity index (χ1) is 11.2. The number of piperidine rings is 1. The van der Waals surface area contributed by atoms with Crippen LogP contribution < -0.4 is 11.1 Å². The maximum absolute atomic E-state index is 12.5. The summed E-state index contributed by atoms with van der Waals surface area (Å²) in [6.45, 7) is 1.67. The molecule has 0 radical (unpaired) electrons. The first-order valence-electron chi connectivity index (χ1n) is 8.38. The third-order valence-corrected chi connectivity index (χ3v) is 4.78. The van der Waals surface area contributed by atoms with Crippen LogP contribution in [0.3, 0.4) is 0 Å². The molecule has 3 rings (SSSR count). The second-order valence-corrected chi connectivity index (χ2v) is 6.51. The van der Waals surface area contributed by atoms with Gasteiger partial charge in [-0.3, -0.25) is 14.6 Å². The molecule has 2 unspecified atom stereocenters. The van der Waals surface area contributed by atoms with Gasteiger partial charge >= 0.3 is 0 Å². The van der Waals surface area contributed by atoms with Gasteiger partial charge in [-0.05, 0) is 43.7 Å². The molecule has 0 aromatic carbocycles. The first-order valence-corrected chi connectivity index (χ1v) is 8.38. The van der Waals surface area contributed by atoms with Crippen LogP contribution in [0.15, 0.2) is 24.5 Å². The summed E-state index contributed by atoms with van der Waals surface area (Å²) in [5, 5.41) is 3.09. The van der Waals surface area contributed by atoms with Crippen LogP contribution in [-0.4, -0.2) is 47.4 Å². The van der Waals surface area contributed by atoms with Crippen molar-refractivity contribution in [2.75, 3.05) is 19.6 Å². The molecule has 3 N–H and O–H groups in total. The summed E-state index contributed by atoms with van der Waals surface area (Å²) < 4.78 is 0. The van der Waals surface area contributed by atoms with Gasteiger partial charge in [0.15, 0.2) is 0 Å². The van der Waals surface area contributed by atoms with Crippen molar-refractivity contribution in [2.45, 2.75) is 31.7 Å². The Morgan fingerprint density at radius 3 is 2.70 bits per heavy atom. The zero-order valence-electron chi connectivity index (χ0n) is 13.3. The van der Waals surface area contributed by atoms with E-state index in [1.165, 1.54) is 0 Å². The summed E-state index contributed by atoms with van der Waals surface area (Å²) in [7, 11) is 0. The van der Waals surface area contributed by atoms with Gasteiger partial charge in [0.2, 0.25) is 5.91 Å². The van der Waals surface area contributed by atoms with Gasteiger partial charge in [-0.15, -0.1) is 0 Å². The number of nitrogens with two attached hydrogens (primary N) is 1. The van der Waals surface area contributed by atoms with Crippen molar-refractivity contribution in [1.82, 2.24) is 15.2 Å². The molecular formula is C17H24N4O2. The van der Waals surface area contributed by atoms with Gasteiger partial charge in [-0.1, -0.05) is 0 Å². The van der Waals surface area contributed by atoms with Crippen molar-refractivity contribution in [3.05, 3.63) is 30.1 Å². The molecule has 23 heavy (non-hydrogen) atoms. The zero-order valence-corrected chi connectivity index (χ0v) is 13.3. The summed E-state index contributed by atoms with van der Waals surface area (Å²) in [6.07, 6.45) is 7.21. The van der Waals surface area contributed by atoms with Gasteiger partial charge in [0, 0.05) is 43.6 Å². The standard InChI is InChI=1S/C17H24N4O2/c18-10-15(12-3-4-12)20-16(22)14-2-1-9-21(11-14)17(23)13-5-7-19-8-6-13/h5-8,12,14-15H,1-4,9-11,18H2,(H,20,22). The van der Waals surface area contributed by atoms with E-state index < -0.39 is 0 Å². The second kappa shape index (κ2) is 7.08. The fourth-order valence-electron chi connectivity index (χ4n) is 3.22. The molecule has 0 bridgehead atoms. The summed E-state index contributed by atoms with van der Waals surface area (Å²) >= 11 is 0. The number of hydrogen-bond donors (Lipinski definition) is 2. The monoisotopic (exact) mass is 316 g/mol. The molecule has 2 fully saturated rings. The zero-order chi connectivity index (χ0) is 16.2. The highest BCUT2D eigenvalue weighted by atomic mass is 16.2. The van der Waals surface area contributed by atoms with E-state index in [1.54, 1.807) is 29.4 Å². The van der Waals surface area contributed by atoms with Gasteiger partial charge in [-0.25, -0.2) is 0 Å². The predicted octanol–water partition coefficient (Wildman–Crippen LogP) is 0.787. The highest BCUT2D eigenvalue weighted by molar-refractivity contribution is 5.94. The molecule has 1 saturated heterocycles. The van der Waals surface area contributed by atoms with E-state index in [-0.39, 0.29) is 23.8 Å². The van der Waals surface area contributed by atoms with E-state index in [0.717, 1.165) is 25.7 Å². The van der Waals surface area contributed by atoms with Crippen LogP contribution in [0.1, 0.15) is 36.0 Å². The van der Waals surface area contributed by atoms with Crippen LogP contribution in [0, 0.1) is 11.8 Å². The van der Waals surface area contributed by atoms with E-state index in [0.29, 0.717) is 31.1 Å². The molecule has 1 aromatic heterocycles. The summed E-state index contributed by atoms with van der Waals surface area (Å²) in [5.74, 6) is 0.423. The molecule has 2 aliphatic rings. The van der Waals surface area contributed by atoms with Crippen molar-refractivity contribution in [1.29, 1.82) is 0 Å². The van der Waals surface area contributed by atoms with Gasteiger partial charge < -0.3 is 16.0 Å². The maximum Gasteiger partial charge on any atom is 0.253 e. The Balaban J connectivity index is 1.59.